The van der Waals surface area contributed by atoms with Crippen LogP contribution in [0, 0.1) is 25.5 Å². The molecule has 0 spiro atoms. The van der Waals surface area contributed by atoms with Gasteiger partial charge in [-0.1, -0.05) is 6.07 Å². The first-order valence-corrected chi connectivity index (χ1v) is 11.8. The molecule has 0 amide bonds. The zero-order chi connectivity index (χ0) is 26.2. The molecule has 0 fully saturated rings. The number of aliphatic hydroxyl groups is 1. The van der Waals surface area contributed by atoms with Crippen LogP contribution < -0.4 is 10.3 Å². The predicted molar refractivity (Wildman–Crippen MR) is 134 cm³/mol. The van der Waals surface area contributed by atoms with E-state index in [0.29, 0.717) is 28.5 Å². The minimum Gasteiger partial charge on any atom is -0.486 e. The molecule has 0 aromatic carbocycles. The molecule has 0 unspecified atom stereocenters. The third kappa shape index (κ3) is 5.19. The molecule has 10 heteroatoms. The third-order valence-corrected chi connectivity index (χ3v) is 6.23. The van der Waals surface area contributed by atoms with Gasteiger partial charge in [-0.3, -0.25) is 19.3 Å². The van der Waals surface area contributed by atoms with Crippen LogP contribution in [0.1, 0.15) is 36.5 Å². The Labute approximate surface area is 214 Å². The molecule has 0 saturated carbocycles. The fraction of sp³-hybridized carbons (Fsp3) is 0.231. The molecular weight excluding hydrogens is 534 g/mol. The van der Waals surface area contributed by atoms with Crippen LogP contribution in [0.4, 0.5) is 8.78 Å². The minimum atomic E-state index is -1.12. The number of hydrogen-bond acceptors (Lipinski definition) is 6. The fourth-order valence-electron chi connectivity index (χ4n) is 3.59. The molecule has 7 nitrogen and oxygen atoms in total. The Morgan fingerprint density at radius 3 is 2.53 bits per heavy atom. The molecule has 0 aliphatic carbocycles. The van der Waals surface area contributed by atoms with Crippen LogP contribution in [0.25, 0.3) is 17.1 Å². The number of ether oxygens (including phenoxy) is 1. The predicted octanol–water partition coefficient (Wildman–Crippen LogP) is 5.15. The first-order valence-electron chi connectivity index (χ1n) is 11.0. The molecular formula is C26H23BrF2N4O3. The van der Waals surface area contributed by atoms with Gasteiger partial charge in [-0.25, -0.2) is 13.8 Å². The average Bonchev–Trinajstić information content (AvgIpc) is 2.82. The lowest BCUT2D eigenvalue weighted by molar-refractivity contribution is 0.0740. The van der Waals surface area contributed by atoms with Gasteiger partial charge in [0.15, 0.2) is 5.82 Å². The van der Waals surface area contributed by atoms with E-state index in [4.69, 9.17) is 4.74 Å². The van der Waals surface area contributed by atoms with E-state index in [1.165, 1.54) is 4.57 Å². The topological polar surface area (TPSA) is 90.1 Å². The first kappa shape index (κ1) is 25.6. The summed E-state index contributed by atoms with van der Waals surface area (Å²) in [5.74, 6) is -1.42. The molecule has 0 aliphatic rings. The van der Waals surface area contributed by atoms with Crippen LogP contribution in [0.15, 0.2) is 58.1 Å². The van der Waals surface area contributed by atoms with Crippen LogP contribution >= 0.6 is 15.9 Å². The molecule has 0 aliphatic heterocycles. The summed E-state index contributed by atoms with van der Waals surface area (Å²) in [5, 5.41) is 10.3. The van der Waals surface area contributed by atoms with Gasteiger partial charge in [0.2, 0.25) is 0 Å². The molecule has 4 aromatic rings. The lowest BCUT2D eigenvalue weighted by atomic mass is 10.0. The van der Waals surface area contributed by atoms with Crippen molar-refractivity contribution in [3.05, 3.63) is 97.9 Å². The zero-order valence-corrected chi connectivity index (χ0v) is 21.6. The van der Waals surface area contributed by atoms with Gasteiger partial charge in [0, 0.05) is 24.0 Å². The van der Waals surface area contributed by atoms with Crippen molar-refractivity contribution in [1.82, 2.24) is 19.5 Å². The van der Waals surface area contributed by atoms with Crippen molar-refractivity contribution < 1.29 is 18.6 Å². The second kappa shape index (κ2) is 9.87. The summed E-state index contributed by atoms with van der Waals surface area (Å²) in [6, 6.07) is 9.42. The molecule has 1 N–H and O–H groups in total. The Kier molecular flexibility index (Phi) is 7.01. The lowest BCUT2D eigenvalue weighted by Crippen LogP contribution is -2.23. The first-order chi connectivity index (χ1) is 17.0. The average molecular weight is 557 g/mol. The second-order valence-corrected chi connectivity index (χ2v) is 9.59. The molecule has 0 bridgehead atoms. The smallest absolute Gasteiger partial charge is 0.273 e. The summed E-state index contributed by atoms with van der Waals surface area (Å²) in [6.07, 6.45) is 2.55. The quantitative estimate of drug-likeness (QED) is 0.353. The van der Waals surface area contributed by atoms with Crippen molar-refractivity contribution in [2.45, 2.75) is 39.9 Å². The molecule has 0 atom stereocenters. The molecule has 36 heavy (non-hydrogen) atoms. The van der Waals surface area contributed by atoms with E-state index >= 15 is 0 Å². The van der Waals surface area contributed by atoms with E-state index in [1.54, 1.807) is 57.3 Å². The Morgan fingerprint density at radius 1 is 1.08 bits per heavy atom. The van der Waals surface area contributed by atoms with Gasteiger partial charge in [-0.05, 0) is 67.4 Å². The van der Waals surface area contributed by atoms with E-state index in [9.17, 15) is 18.7 Å². The van der Waals surface area contributed by atoms with Crippen LogP contribution in [-0.4, -0.2) is 24.6 Å². The summed E-state index contributed by atoms with van der Waals surface area (Å²) < 4.78 is 34.3. The Balaban J connectivity index is 1.72. The summed E-state index contributed by atoms with van der Waals surface area (Å²) in [5.41, 5.74) is 1.88. The highest BCUT2D eigenvalue weighted by Crippen LogP contribution is 2.28. The number of aryl methyl sites for hydroxylation is 2. The van der Waals surface area contributed by atoms with E-state index < -0.39 is 22.8 Å². The van der Waals surface area contributed by atoms with Gasteiger partial charge >= 0.3 is 0 Å². The zero-order valence-electron chi connectivity index (χ0n) is 20.0. The van der Waals surface area contributed by atoms with Crippen molar-refractivity contribution in [2.24, 2.45) is 0 Å². The van der Waals surface area contributed by atoms with Crippen molar-refractivity contribution >= 4 is 15.9 Å². The highest BCUT2D eigenvalue weighted by atomic mass is 79.9. The summed E-state index contributed by atoms with van der Waals surface area (Å²) in [6.45, 7) is 6.59. The SMILES string of the molecule is Cc1cnc(-c2cccc(C(C)(C)O)n2)cc1-n1c(C)cc(OCc2ncc(F)cc2F)c(Br)c1=O. The summed E-state index contributed by atoms with van der Waals surface area (Å²) in [4.78, 5) is 26.1. The molecule has 0 saturated heterocycles. The van der Waals surface area contributed by atoms with Crippen LogP contribution in [0.5, 0.6) is 5.75 Å². The van der Waals surface area contributed by atoms with E-state index in [0.717, 1.165) is 17.8 Å². The molecule has 186 valence electrons. The van der Waals surface area contributed by atoms with Gasteiger partial charge in [-0.15, -0.1) is 0 Å². The largest absolute Gasteiger partial charge is 0.486 e. The number of aromatic nitrogens is 4. The monoisotopic (exact) mass is 556 g/mol. The standard InChI is InChI=1S/C26H23BrF2N4O3/c1-14-11-30-19(18-6-5-7-23(32-18)26(3,4)35)10-21(14)33-15(2)8-22(24(27)25(33)34)36-13-20-17(29)9-16(28)12-31-20/h5-12,35H,13H2,1-4H3. The summed E-state index contributed by atoms with van der Waals surface area (Å²) >= 11 is 3.30. The Hall–Kier alpha value is -3.50. The van der Waals surface area contributed by atoms with Crippen molar-refractivity contribution in [1.29, 1.82) is 0 Å². The van der Waals surface area contributed by atoms with Crippen LogP contribution in [-0.2, 0) is 12.2 Å². The van der Waals surface area contributed by atoms with E-state index in [-0.39, 0.29) is 22.5 Å². The molecule has 4 heterocycles. The number of rotatable bonds is 6. The fourth-order valence-corrected chi connectivity index (χ4v) is 4.00. The highest BCUT2D eigenvalue weighted by Gasteiger charge is 2.20. The Bertz CT molecular complexity index is 1520. The van der Waals surface area contributed by atoms with Crippen molar-refractivity contribution in [2.75, 3.05) is 0 Å². The molecule has 0 radical (unpaired) electrons. The number of pyridine rings is 4. The van der Waals surface area contributed by atoms with Gasteiger partial charge in [-0.2, -0.15) is 0 Å². The molecule has 4 aromatic heterocycles. The lowest BCUT2D eigenvalue weighted by Gasteiger charge is -2.18. The number of hydrogen-bond donors (Lipinski definition) is 1. The summed E-state index contributed by atoms with van der Waals surface area (Å²) in [7, 11) is 0. The number of nitrogens with zero attached hydrogens (tertiary/aromatic N) is 4. The maximum atomic E-state index is 13.9. The van der Waals surface area contributed by atoms with Gasteiger partial charge in [0.1, 0.15) is 33.9 Å². The maximum absolute atomic E-state index is 13.9. The highest BCUT2D eigenvalue weighted by molar-refractivity contribution is 9.10. The normalized spacial score (nSPS) is 11.6. The van der Waals surface area contributed by atoms with Gasteiger partial charge < -0.3 is 9.84 Å². The molecule has 4 rings (SSSR count). The Morgan fingerprint density at radius 2 is 1.83 bits per heavy atom. The van der Waals surface area contributed by atoms with Gasteiger partial charge in [0.25, 0.3) is 5.56 Å². The van der Waals surface area contributed by atoms with Crippen LogP contribution in [0.3, 0.4) is 0 Å². The minimum absolute atomic E-state index is 0.0828. The maximum Gasteiger partial charge on any atom is 0.273 e. The third-order valence-electron chi connectivity index (χ3n) is 5.50. The van der Waals surface area contributed by atoms with Crippen molar-refractivity contribution in [3.8, 4) is 22.8 Å². The number of halogens is 3. The van der Waals surface area contributed by atoms with Crippen LogP contribution in [0.2, 0.25) is 0 Å². The van der Waals surface area contributed by atoms with E-state index in [2.05, 4.69) is 30.9 Å². The van der Waals surface area contributed by atoms with E-state index in [1.807, 2.05) is 6.92 Å². The second-order valence-electron chi connectivity index (χ2n) is 8.80. The van der Waals surface area contributed by atoms with Gasteiger partial charge in [0.05, 0.1) is 29.0 Å². The van der Waals surface area contributed by atoms with Crippen molar-refractivity contribution in [3.63, 3.8) is 0 Å².